The van der Waals surface area contributed by atoms with Gasteiger partial charge in [0.15, 0.2) is 11.6 Å². The molecule has 0 unspecified atom stereocenters. The van der Waals surface area contributed by atoms with Crippen LogP contribution in [0.15, 0.2) is 42.6 Å². The molecule has 1 aromatic carbocycles. The normalized spacial score (nSPS) is 10.6. The van der Waals surface area contributed by atoms with Crippen LogP contribution in [0.5, 0.6) is 0 Å². The van der Waals surface area contributed by atoms with Crippen LogP contribution in [-0.2, 0) is 13.1 Å². The summed E-state index contributed by atoms with van der Waals surface area (Å²) in [5, 5.41) is 2.97. The fourth-order valence-corrected chi connectivity index (χ4v) is 2.16. The summed E-state index contributed by atoms with van der Waals surface area (Å²) < 4.78 is 14.5. The van der Waals surface area contributed by atoms with Gasteiger partial charge < -0.3 is 10.2 Å². The maximum Gasteiger partial charge on any atom is 0.170 e. The molecular formula is C16H20FN3. The van der Waals surface area contributed by atoms with E-state index in [4.69, 9.17) is 0 Å². The smallest absolute Gasteiger partial charge is 0.170 e. The van der Waals surface area contributed by atoms with Gasteiger partial charge in [-0.1, -0.05) is 30.3 Å². The van der Waals surface area contributed by atoms with Crippen molar-refractivity contribution >= 4 is 5.82 Å². The Morgan fingerprint density at radius 3 is 2.60 bits per heavy atom. The van der Waals surface area contributed by atoms with Gasteiger partial charge in [-0.25, -0.2) is 9.37 Å². The minimum Gasteiger partial charge on any atom is -0.350 e. The zero-order valence-electron chi connectivity index (χ0n) is 11.9. The predicted octanol–water partition coefficient (Wildman–Crippen LogP) is 2.97. The van der Waals surface area contributed by atoms with Crippen LogP contribution in [0.1, 0.15) is 18.1 Å². The van der Waals surface area contributed by atoms with Gasteiger partial charge in [-0.2, -0.15) is 0 Å². The average Bonchev–Trinajstić information content (AvgIpc) is 2.49. The van der Waals surface area contributed by atoms with Crippen molar-refractivity contribution in [3.05, 3.63) is 59.5 Å². The van der Waals surface area contributed by atoms with E-state index in [1.54, 1.807) is 19.3 Å². The Labute approximate surface area is 119 Å². The summed E-state index contributed by atoms with van der Waals surface area (Å²) in [5.74, 6) is 0.184. The van der Waals surface area contributed by atoms with Gasteiger partial charge in [0.1, 0.15) is 0 Å². The second-order valence-corrected chi connectivity index (χ2v) is 4.64. The SMILES string of the molecule is CCN(Cc1ccccc1)c1nccc(CNC)c1F. The van der Waals surface area contributed by atoms with Gasteiger partial charge >= 0.3 is 0 Å². The van der Waals surface area contributed by atoms with Crippen molar-refractivity contribution in [1.82, 2.24) is 10.3 Å². The zero-order valence-corrected chi connectivity index (χ0v) is 11.9. The largest absolute Gasteiger partial charge is 0.350 e. The Morgan fingerprint density at radius 2 is 1.95 bits per heavy atom. The van der Waals surface area contributed by atoms with E-state index in [-0.39, 0.29) is 5.82 Å². The van der Waals surface area contributed by atoms with E-state index in [1.165, 1.54) is 0 Å². The van der Waals surface area contributed by atoms with Gasteiger partial charge in [-0.15, -0.1) is 0 Å². The van der Waals surface area contributed by atoms with E-state index in [0.29, 0.717) is 31.0 Å². The molecule has 4 heteroatoms. The molecule has 3 nitrogen and oxygen atoms in total. The number of halogens is 1. The van der Waals surface area contributed by atoms with Crippen molar-refractivity contribution in [2.24, 2.45) is 0 Å². The number of benzene rings is 1. The first-order chi connectivity index (χ1) is 9.76. The van der Waals surface area contributed by atoms with Gasteiger partial charge in [-0.3, -0.25) is 0 Å². The minimum absolute atomic E-state index is 0.236. The minimum atomic E-state index is -0.236. The first kappa shape index (κ1) is 14.5. The Kier molecular flexibility index (Phi) is 5.07. The molecule has 20 heavy (non-hydrogen) atoms. The van der Waals surface area contributed by atoms with E-state index in [1.807, 2.05) is 42.2 Å². The summed E-state index contributed by atoms with van der Waals surface area (Å²) in [6.07, 6.45) is 1.67. The molecule has 2 rings (SSSR count). The van der Waals surface area contributed by atoms with Gasteiger partial charge in [0.05, 0.1) is 0 Å². The molecule has 0 spiro atoms. The first-order valence-corrected chi connectivity index (χ1v) is 6.83. The molecule has 0 aliphatic heterocycles. The molecule has 0 atom stereocenters. The highest BCUT2D eigenvalue weighted by molar-refractivity contribution is 5.43. The third-order valence-corrected chi connectivity index (χ3v) is 3.22. The van der Waals surface area contributed by atoms with Crippen molar-refractivity contribution in [3.63, 3.8) is 0 Å². The quantitative estimate of drug-likeness (QED) is 0.877. The van der Waals surface area contributed by atoms with Crippen LogP contribution in [0.3, 0.4) is 0 Å². The summed E-state index contributed by atoms with van der Waals surface area (Å²) in [6.45, 7) is 3.88. The number of anilines is 1. The average molecular weight is 273 g/mol. The summed E-state index contributed by atoms with van der Waals surface area (Å²) in [5.41, 5.74) is 1.79. The monoisotopic (exact) mass is 273 g/mol. The Hall–Kier alpha value is -1.94. The molecule has 106 valence electrons. The van der Waals surface area contributed by atoms with Gasteiger partial charge in [-0.05, 0) is 25.6 Å². The third kappa shape index (κ3) is 3.33. The highest BCUT2D eigenvalue weighted by Crippen LogP contribution is 2.21. The molecule has 0 saturated heterocycles. The zero-order chi connectivity index (χ0) is 14.4. The molecule has 2 aromatic rings. The lowest BCUT2D eigenvalue weighted by Gasteiger charge is -2.23. The summed E-state index contributed by atoms with van der Waals surface area (Å²) in [4.78, 5) is 6.16. The van der Waals surface area contributed by atoms with E-state index < -0.39 is 0 Å². The first-order valence-electron chi connectivity index (χ1n) is 6.83. The number of hydrogen-bond acceptors (Lipinski definition) is 3. The van der Waals surface area contributed by atoms with E-state index in [0.717, 1.165) is 5.56 Å². The van der Waals surface area contributed by atoms with E-state index in [2.05, 4.69) is 10.3 Å². The number of rotatable bonds is 6. The lowest BCUT2D eigenvalue weighted by Crippen LogP contribution is -2.25. The fourth-order valence-electron chi connectivity index (χ4n) is 2.16. The number of pyridine rings is 1. The van der Waals surface area contributed by atoms with Crippen molar-refractivity contribution in [2.75, 3.05) is 18.5 Å². The second-order valence-electron chi connectivity index (χ2n) is 4.64. The molecular weight excluding hydrogens is 253 g/mol. The van der Waals surface area contributed by atoms with Crippen molar-refractivity contribution < 1.29 is 4.39 Å². The van der Waals surface area contributed by atoms with Crippen LogP contribution in [0.2, 0.25) is 0 Å². The van der Waals surface area contributed by atoms with Crippen LogP contribution < -0.4 is 10.2 Å². The van der Waals surface area contributed by atoms with Crippen LogP contribution >= 0.6 is 0 Å². The van der Waals surface area contributed by atoms with Crippen LogP contribution in [-0.4, -0.2) is 18.6 Å². The molecule has 0 aliphatic carbocycles. The Balaban J connectivity index is 2.25. The molecule has 0 radical (unpaired) electrons. The highest BCUT2D eigenvalue weighted by Gasteiger charge is 2.15. The Bertz CT molecular complexity index is 543. The van der Waals surface area contributed by atoms with E-state index in [9.17, 15) is 4.39 Å². The molecule has 0 aliphatic rings. The number of nitrogens with zero attached hydrogens (tertiary/aromatic N) is 2. The number of nitrogens with one attached hydrogen (secondary N) is 1. The van der Waals surface area contributed by atoms with Crippen LogP contribution in [0, 0.1) is 5.82 Å². The maximum atomic E-state index is 14.5. The highest BCUT2D eigenvalue weighted by atomic mass is 19.1. The van der Waals surface area contributed by atoms with Crippen molar-refractivity contribution in [1.29, 1.82) is 0 Å². The summed E-state index contributed by atoms with van der Waals surface area (Å²) in [7, 11) is 1.81. The molecule has 1 aromatic heterocycles. The summed E-state index contributed by atoms with van der Waals surface area (Å²) >= 11 is 0. The number of hydrogen-bond donors (Lipinski definition) is 1. The fraction of sp³-hybridized carbons (Fsp3) is 0.312. The van der Waals surface area contributed by atoms with E-state index >= 15 is 0 Å². The topological polar surface area (TPSA) is 28.2 Å². The lowest BCUT2D eigenvalue weighted by molar-refractivity contribution is 0.585. The molecule has 1 N–H and O–H groups in total. The molecule has 0 saturated carbocycles. The summed E-state index contributed by atoms with van der Waals surface area (Å²) in [6, 6.07) is 11.8. The van der Waals surface area contributed by atoms with Crippen molar-refractivity contribution in [2.45, 2.75) is 20.0 Å². The molecule has 0 amide bonds. The maximum absolute atomic E-state index is 14.5. The van der Waals surface area contributed by atoms with Gasteiger partial charge in [0.25, 0.3) is 0 Å². The van der Waals surface area contributed by atoms with Crippen molar-refractivity contribution in [3.8, 4) is 0 Å². The molecule has 0 bridgehead atoms. The van der Waals surface area contributed by atoms with Gasteiger partial charge in [0, 0.05) is 31.4 Å². The standard InChI is InChI=1S/C16H20FN3/c1-3-20(12-13-7-5-4-6-8-13)16-15(17)14(11-18-2)9-10-19-16/h4-10,18H,3,11-12H2,1-2H3. The van der Waals surface area contributed by atoms with Gasteiger partial charge in [0.2, 0.25) is 0 Å². The van der Waals surface area contributed by atoms with Crippen LogP contribution in [0.4, 0.5) is 10.2 Å². The second kappa shape index (κ2) is 7.01. The Morgan fingerprint density at radius 1 is 1.20 bits per heavy atom. The molecule has 0 fully saturated rings. The van der Waals surface area contributed by atoms with Crippen LogP contribution in [0.25, 0.3) is 0 Å². The molecule has 1 heterocycles. The third-order valence-electron chi connectivity index (χ3n) is 3.22. The lowest BCUT2D eigenvalue weighted by atomic mass is 10.2. The number of aromatic nitrogens is 1. The predicted molar refractivity (Wildman–Crippen MR) is 80.1 cm³/mol.